The Hall–Kier alpha value is -1.96. The predicted molar refractivity (Wildman–Crippen MR) is 77.0 cm³/mol. The molecule has 8 heteroatoms. The van der Waals surface area contributed by atoms with Gasteiger partial charge in [-0.3, -0.25) is 19.6 Å². The fourth-order valence-corrected chi connectivity index (χ4v) is 2.58. The average Bonchev–Trinajstić information content (AvgIpc) is 2.71. The van der Waals surface area contributed by atoms with Crippen LogP contribution in [0, 0.1) is 24.0 Å². The molecule has 1 aromatic rings. The number of hydrogen-bond donors (Lipinski definition) is 0. The zero-order valence-corrected chi connectivity index (χ0v) is 12.7. The molecule has 0 aromatic carbocycles. The molecule has 21 heavy (non-hydrogen) atoms. The third kappa shape index (κ3) is 3.38. The molecule has 1 aliphatic heterocycles. The highest BCUT2D eigenvalue weighted by atomic mass is 16.6. The summed E-state index contributed by atoms with van der Waals surface area (Å²) in [5, 5.41) is 15.1. The zero-order valence-electron chi connectivity index (χ0n) is 12.7. The Morgan fingerprint density at radius 1 is 1.29 bits per heavy atom. The maximum absolute atomic E-state index is 12.1. The van der Waals surface area contributed by atoms with Gasteiger partial charge in [-0.05, 0) is 20.9 Å². The molecule has 0 spiro atoms. The zero-order chi connectivity index (χ0) is 15.6. The van der Waals surface area contributed by atoms with Gasteiger partial charge in [0.25, 0.3) is 0 Å². The topological polar surface area (TPSA) is 84.5 Å². The van der Waals surface area contributed by atoms with Crippen LogP contribution in [-0.2, 0) is 11.3 Å². The second-order valence-electron chi connectivity index (χ2n) is 5.43. The molecule has 0 N–H and O–H groups in total. The molecule has 0 aliphatic carbocycles. The van der Waals surface area contributed by atoms with Crippen LogP contribution in [0.25, 0.3) is 0 Å². The van der Waals surface area contributed by atoms with Gasteiger partial charge >= 0.3 is 5.69 Å². The third-order valence-electron chi connectivity index (χ3n) is 3.92. The van der Waals surface area contributed by atoms with E-state index in [0.29, 0.717) is 24.4 Å². The number of aromatic nitrogens is 2. The van der Waals surface area contributed by atoms with Crippen molar-refractivity contribution < 1.29 is 9.72 Å². The Bertz CT molecular complexity index is 546. The summed E-state index contributed by atoms with van der Waals surface area (Å²) in [6.45, 7) is 6.92. The monoisotopic (exact) mass is 295 g/mol. The van der Waals surface area contributed by atoms with Gasteiger partial charge in [0, 0.05) is 32.6 Å². The summed E-state index contributed by atoms with van der Waals surface area (Å²) in [5.74, 6) is 0.0818. The van der Waals surface area contributed by atoms with E-state index in [1.807, 2.05) is 11.9 Å². The Labute approximate surface area is 123 Å². The standard InChI is InChI=1S/C13H21N5O3/c1-10-13(18(20)21)11(2)17(14-10)5-4-12(19)16-8-6-15(3)7-9-16/h4-9H2,1-3H3. The van der Waals surface area contributed by atoms with Gasteiger partial charge in [-0.15, -0.1) is 0 Å². The molecule has 2 heterocycles. The molecule has 8 nitrogen and oxygen atoms in total. The first kappa shape index (κ1) is 15.4. The van der Waals surface area contributed by atoms with Crippen molar-refractivity contribution in [1.29, 1.82) is 0 Å². The van der Waals surface area contributed by atoms with Gasteiger partial charge in [0.05, 0.1) is 11.5 Å². The van der Waals surface area contributed by atoms with Crippen LogP contribution in [0.15, 0.2) is 0 Å². The van der Waals surface area contributed by atoms with Gasteiger partial charge in [-0.2, -0.15) is 5.10 Å². The summed E-state index contributed by atoms with van der Waals surface area (Å²) < 4.78 is 1.56. The first-order valence-electron chi connectivity index (χ1n) is 7.05. The van der Waals surface area contributed by atoms with E-state index in [1.165, 1.54) is 0 Å². The van der Waals surface area contributed by atoms with E-state index in [0.717, 1.165) is 26.2 Å². The lowest BCUT2D eigenvalue weighted by atomic mass is 10.3. The largest absolute Gasteiger partial charge is 0.340 e. The number of amides is 1. The second kappa shape index (κ2) is 6.21. The van der Waals surface area contributed by atoms with Crippen LogP contribution < -0.4 is 0 Å². The molecule has 1 saturated heterocycles. The lowest BCUT2D eigenvalue weighted by molar-refractivity contribution is -0.386. The number of piperazine rings is 1. The van der Waals surface area contributed by atoms with Crippen molar-refractivity contribution in [2.24, 2.45) is 0 Å². The Kier molecular flexibility index (Phi) is 4.56. The molecule has 0 atom stereocenters. The second-order valence-corrected chi connectivity index (χ2v) is 5.43. The lowest BCUT2D eigenvalue weighted by Gasteiger charge is -2.32. The van der Waals surface area contributed by atoms with E-state index in [-0.39, 0.29) is 11.6 Å². The number of likely N-dealkylation sites (N-methyl/N-ethyl adjacent to an activating group) is 1. The minimum atomic E-state index is -0.420. The van der Waals surface area contributed by atoms with E-state index in [1.54, 1.807) is 18.5 Å². The molecule has 1 fully saturated rings. The van der Waals surface area contributed by atoms with Gasteiger partial charge in [-0.1, -0.05) is 0 Å². The lowest BCUT2D eigenvalue weighted by Crippen LogP contribution is -2.47. The van der Waals surface area contributed by atoms with Gasteiger partial charge < -0.3 is 9.80 Å². The van der Waals surface area contributed by atoms with Crippen LogP contribution in [0.5, 0.6) is 0 Å². The SMILES string of the molecule is Cc1nn(CCC(=O)N2CCN(C)CC2)c(C)c1[N+](=O)[O-]. The van der Waals surface area contributed by atoms with E-state index in [4.69, 9.17) is 0 Å². The van der Waals surface area contributed by atoms with Crippen LogP contribution in [0.2, 0.25) is 0 Å². The van der Waals surface area contributed by atoms with Gasteiger partial charge in [0.2, 0.25) is 5.91 Å². The molecular formula is C13H21N5O3. The van der Waals surface area contributed by atoms with Crippen molar-refractivity contribution in [3.8, 4) is 0 Å². The summed E-state index contributed by atoms with van der Waals surface area (Å²) in [5.41, 5.74) is 0.940. The molecule has 1 aromatic heterocycles. The van der Waals surface area contributed by atoms with Crippen molar-refractivity contribution in [2.45, 2.75) is 26.8 Å². The highest BCUT2D eigenvalue weighted by Gasteiger charge is 2.23. The van der Waals surface area contributed by atoms with Crippen LogP contribution in [0.1, 0.15) is 17.8 Å². The first-order valence-corrected chi connectivity index (χ1v) is 7.05. The molecular weight excluding hydrogens is 274 g/mol. The third-order valence-corrected chi connectivity index (χ3v) is 3.92. The minimum absolute atomic E-state index is 0.0436. The van der Waals surface area contributed by atoms with E-state index in [9.17, 15) is 14.9 Å². The number of nitrogens with zero attached hydrogens (tertiary/aromatic N) is 5. The quantitative estimate of drug-likeness (QED) is 0.599. The molecule has 0 bridgehead atoms. The Morgan fingerprint density at radius 3 is 2.43 bits per heavy atom. The Morgan fingerprint density at radius 2 is 1.90 bits per heavy atom. The number of rotatable bonds is 4. The number of hydrogen-bond acceptors (Lipinski definition) is 5. The Balaban J connectivity index is 1.96. The molecule has 1 amide bonds. The number of aryl methyl sites for hydroxylation is 2. The van der Waals surface area contributed by atoms with Crippen LogP contribution >= 0.6 is 0 Å². The van der Waals surface area contributed by atoms with E-state index < -0.39 is 4.92 Å². The smallest absolute Gasteiger partial charge is 0.312 e. The van der Waals surface area contributed by atoms with E-state index >= 15 is 0 Å². The van der Waals surface area contributed by atoms with Crippen molar-refractivity contribution in [1.82, 2.24) is 19.6 Å². The molecule has 0 saturated carbocycles. The van der Waals surface area contributed by atoms with Crippen LogP contribution in [0.4, 0.5) is 5.69 Å². The highest BCUT2D eigenvalue weighted by molar-refractivity contribution is 5.76. The predicted octanol–water partition coefficient (Wildman–Crippen LogP) is 0.572. The maximum atomic E-state index is 12.1. The van der Waals surface area contributed by atoms with Gasteiger partial charge in [-0.25, -0.2) is 0 Å². The summed E-state index contributed by atoms with van der Waals surface area (Å²) in [4.78, 5) is 26.7. The molecule has 116 valence electrons. The summed E-state index contributed by atoms with van der Waals surface area (Å²) in [7, 11) is 2.04. The molecule has 2 rings (SSSR count). The van der Waals surface area contributed by atoms with Gasteiger partial charge in [0.1, 0.15) is 11.4 Å². The van der Waals surface area contributed by atoms with E-state index in [2.05, 4.69) is 10.00 Å². The fraction of sp³-hybridized carbons (Fsp3) is 0.692. The summed E-state index contributed by atoms with van der Waals surface area (Å²) in [6.07, 6.45) is 0.322. The highest BCUT2D eigenvalue weighted by Crippen LogP contribution is 2.21. The van der Waals surface area contributed by atoms with Crippen LogP contribution in [-0.4, -0.2) is 63.6 Å². The first-order chi connectivity index (χ1) is 9.90. The van der Waals surface area contributed by atoms with Crippen molar-refractivity contribution in [3.63, 3.8) is 0 Å². The van der Waals surface area contributed by atoms with Crippen molar-refractivity contribution in [3.05, 3.63) is 21.5 Å². The summed E-state index contributed by atoms with van der Waals surface area (Å²) >= 11 is 0. The van der Waals surface area contributed by atoms with Crippen LogP contribution in [0.3, 0.4) is 0 Å². The maximum Gasteiger partial charge on any atom is 0.312 e. The van der Waals surface area contributed by atoms with Crippen molar-refractivity contribution >= 4 is 11.6 Å². The molecule has 0 unspecified atom stereocenters. The number of carbonyl (C=O) groups excluding carboxylic acids is 1. The number of nitro groups is 1. The normalized spacial score (nSPS) is 16.2. The molecule has 0 radical (unpaired) electrons. The van der Waals surface area contributed by atoms with Gasteiger partial charge in [0.15, 0.2) is 0 Å². The average molecular weight is 295 g/mol. The van der Waals surface area contributed by atoms with Crippen molar-refractivity contribution in [2.75, 3.05) is 33.2 Å². The minimum Gasteiger partial charge on any atom is -0.340 e. The molecule has 1 aliphatic rings. The number of carbonyl (C=O) groups is 1. The fourth-order valence-electron chi connectivity index (χ4n) is 2.58. The summed E-state index contributed by atoms with van der Waals surface area (Å²) in [6, 6.07) is 0.